The van der Waals surface area contributed by atoms with Gasteiger partial charge in [-0.1, -0.05) is 46.0 Å². The number of rotatable bonds is 10. The predicted octanol–water partition coefficient (Wildman–Crippen LogP) is 3.69. The first-order chi connectivity index (χ1) is 8.50. The van der Waals surface area contributed by atoms with E-state index in [4.69, 9.17) is 9.84 Å². The van der Waals surface area contributed by atoms with Gasteiger partial charge in [-0.15, -0.1) is 0 Å². The first-order valence-electron chi connectivity index (χ1n) is 7.32. The summed E-state index contributed by atoms with van der Waals surface area (Å²) in [5.41, 5.74) is -0.383. The van der Waals surface area contributed by atoms with Gasteiger partial charge in [-0.3, -0.25) is 4.79 Å². The molecule has 0 radical (unpaired) electrons. The Labute approximate surface area is 112 Å². The van der Waals surface area contributed by atoms with Gasteiger partial charge >= 0.3 is 5.97 Å². The van der Waals surface area contributed by atoms with Crippen molar-refractivity contribution in [2.75, 3.05) is 6.61 Å². The lowest BCUT2D eigenvalue weighted by Gasteiger charge is -2.28. The van der Waals surface area contributed by atoms with E-state index in [9.17, 15) is 4.79 Å². The molecule has 0 aliphatic carbocycles. The molecule has 0 aromatic heterocycles. The number of aliphatic hydroxyl groups is 1. The SMILES string of the molecule is CCCCCCC(C)(CCC)C(=O)OC(C)CO. The number of esters is 1. The summed E-state index contributed by atoms with van der Waals surface area (Å²) in [6.45, 7) is 7.88. The Kier molecular flexibility index (Phi) is 9.08. The molecule has 0 spiro atoms. The Hall–Kier alpha value is -0.570. The molecule has 3 heteroatoms. The molecular weight excluding hydrogens is 228 g/mol. The van der Waals surface area contributed by atoms with Crippen molar-refractivity contribution >= 4 is 5.97 Å². The van der Waals surface area contributed by atoms with Gasteiger partial charge < -0.3 is 9.84 Å². The molecule has 0 aliphatic rings. The van der Waals surface area contributed by atoms with Crippen LogP contribution in [0, 0.1) is 5.41 Å². The zero-order valence-corrected chi connectivity index (χ0v) is 12.5. The number of unbranched alkanes of at least 4 members (excludes halogenated alkanes) is 3. The predicted molar refractivity (Wildman–Crippen MR) is 74.4 cm³/mol. The van der Waals surface area contributed by atoms with Crippen LogP contribution in [0.5, 0.6) is 0 Å². The van der Waals surface area contributed by atoms with E-state index in [0.29, 0.717) is 0 Å². The van der Waals surface area contributed by atoms with Crippen molar-refractivity contribution in [1.82, 2.24) is 0 Å². The number of hydrogen-bond donors (Lipinski definition) is 1. The zero-order chi connectivity index (χ0) is 14.0. The van der Waals surface area contributed by atoms with Crippen LogP contribution < -0.4 is 0 Å². The van der Waals surface area contributed by atoms with Gasteiger partial charge in [-0.2, -0.15) is 0 Å². The van der Waals surface area contributed by atoms with E-state index >= 15 is 0 Å². The van der Waals surface area contributed by atoms with E-state index in [1.807, 2.05) is 6.92 Å². The van der Waals surface area contributed by atoms with E-state index in [1.165, 1.54) is 19.3 Å². The molecule has 1 N–H and O–H groups in total. The van der Waals surface area contributed by atoms with Crippen LogP contribution in [0.2, 0.25) is 0 Å². The summed E-state index contributed by atoms with van der Waals surface area (Å²) in [6, 6.07) is 0. The minimum absolute atomic E-state index is 0.107. The van der Waals surface area contributed by atoms with Crippen molar-refractivity contribution in [1.29, 1.82) is 0 Å². The standard InChI is InChI=1S/C15H30O3/c1-5-7-8-9-11-15(4,10-6-2)14(17)18-13(3)12-16/h13,16H,5-12H2,1-4H3. The quantitative estimate of drug-likeness (QED) is 0.480. The summed E-state index contributed by atoms with van der Waals surface area (Å²) in [5, 5.41) is 8.95. The highest BCUT2D eigenvalue weighted by molar-refractivity contribution is 5.76. The van der Waals surface area contributed by atoms with Crippen LogP contribution in [0.4, 0.5) is 0 Å². The van der Waals surface area contributed by atoms with Gasteiger partial charge in [0.05, 0.1) is 12.0 Å². The molecule has 0 saturated heterocycles. The fourth-order valence-electron chi connectivity index (χ4n) is 2.19. The lowest BCUT2D eigenvalue weighted by molar-refractivity contribution is -0.162. The van der Waals surface area contributed by atoms with Crippen LogP contribution in [0.1, 0.15) is 72.6 Å². The lowest BCUT2D eigenvalue weighted by Crippen LogP contribution is -2.33. The van der Waals surface area contributed by atoms with Gasteiger partial charge in [0.2, 0.25) is 0 Å². The molecule has 2 atom stereocenters. The molecule has 108 valence electrons. The van der Waals surface area contributed by atoms with Crippen LogP contribution >= 0.6 is 0 Å². The number of aliphatic hydroxyl groups excluding tert-OH is 1. The summed E-state index contributed by atoms with van der Waals surface area (Å²) in [5.74, 6) is -0.151. The Morgan fingerprint density at radius 3 is 2.33 bits per heavy atom. The number of carbonyl (C=O) groups is 1. The van der Waals surface area contributed by atoms with Gasteiger partial charge in [0.1, 0.15) is 6.10 Å². The number of carbonyl (C=O) groups excluding carboxylic acids is 1. The van der Waals surface area contributed by atoms with Crippen molar-refractivity contribution < 1.29 is 14.6 Å². The van der Waals surface area contributed by atoms with Crippen LogP contribution in [0.3, 0.4) is 0 Å². The minimum atomic E-state index is -0.399. The second-order valence-corrected chi connectivity index (χ2v) is 5.52. The Morgan fingerprint density at radius 1 is 1.17 bits per heavy atom. The van der Waals surface area contributed by atoms with E-state index < -0.39 is 6.10 Å². The van der Waals surface area contributed by atoms with E-state index in [-0.39, 0.29) is 18.0 Å². The topological polar surface area (TPSA) is 46.5 Å². The van der Waals surface area contributed by atoms with E-state index in [1.54, 1.807) is 6.92 Å². The van der Waals surface area contributed by atoms with E-state index in [0.717, 1.165) is 25.7 Å². The molecule has 3 nitrogen and oxygen atoms in total. The largest absolute Gasteiger partial charge is 0.460 e. The summed E-state index contributed by atoms with van der Waals surface area (Å²) < 4.78 is 5.29. The molecule has 0 aromatic rings. The molecule has 0 heterocycles. The van der Waals surface area contributed by atoms with Crippen molar-refractivity contribution in [3.8, 4) is 0 Å². The number of ether oxygens (including phenoxy) is 1. The second kappa shape index (κ2) is 9.37. The van der Waals surface area contributed by atoms with Crippen molar-refractivity contribution in [2.24, 2.45) is 5.41 Å². The zero-order valence-electron chi connectivity index (χ0n) is 12.5. The maximum absolute atomic E-state index is 12.2. The molecule has 0 rings (SSSR count). The van der Waals surface area contributed by atoms with Gasteiger partial charge in [0, 0.05) is 0 Å². The first kappa shape index (κ1) is 17.4. The maximum Gasteiger partial charge on any atom is 0.312 e. The monoisotopic (exact) mass is 258 g/mol. The molecule has 2 unspecified atom stereocenters. The first-order valence-corrected chi connectivity index (χ1v) is 7.32. The third-order valence-electron chi connectivity index (χ3n) is 3.44. The summed E-state index contributed by atoms with van der Waals surface area (Å²) in [7, 11) is 0. The smallest absolute Gasteiger partial charge is 0.312 e. The van der Waals surface area contributed by atoms with Gasteiger partial charge in [0.15, 0.2) is 0 Å². The average Bonchev–Trinajstić information content (AvgIpc) is 2.34. The molecule has 0 fully saturated rings. The molecule has 0 aromatic carbocycles. The molecule has 0 saturated carbocycles. The number of hydrogen-bond acceptors (Lipinski definition) is 3. The second-order valence-electron chi connectivity index (χ2n) is 5.52. The molecule has 0 amide bonds. The molecule has 18 heavy (non-hydrogen) atoms. The highest BCUT2D eigenvalue weighted by atomic mass is 16.6. The Balaban J connectivity index is 4.34. The van der Waals surface area contributed by atoms with Crippen molar-refractivity contribution in [3.05, 3.63) is 0 Å². The molecule has 0 aliphatic heterocycles. The molecule has 0 bridgehead atoms. The maximum atomic E-state index is 12.2. The highest BCUT2D eigenvalue weighted by Crippen LogP contribution is 2.32. The van der Waals surface area contributed by atoms with Crippen LogP contribution in [-0.4, -0.2) is 23.8 Å². The minimum Gasteiger partial charge on any atom is -0.460 e. The van der Waals surface area contributed by atoms with Gasteiger partial charge in [0.25, 0.3) is 0 Å². The average molecular weight is 258 g/mol. The summed E-state index contributed by atoms with van der Waals surface area (Å²) >= 11 is 0. The van der Waals surface area contributed by atoms with Crippen molar-refractivity contribution in [2.45, 2.75) is 78.7 Å². The third-order valence-corrected chi connectivity index (χ3v) is 3.44. The van der Waals surface area contributed by atoms with Crippen LogP contribution in [0.25, 0.3) is 0 Å². The Bertz CT molecular complexity index is 228. The van der Waals surface area contributed by atoms with Gasteiger partial charge in [-0.25, -0.2) is 0 Å². The normalized spacial score (nSPS) is 16.1. The highest BCUT2D eigenvalue weighted by Gasteiger charge is 2.34. The third kappa shape index (κ3) is 6.39. The fourth-order valence-corrected chi connectivity index (χ4v) is 2.19. The summed E-state index contributed by atoms with van der Waals surface area (Å²) in [6.07, 6.45) is 7.01. The van der Waals surface area contributed by atoms with Gasteiger partial charge in [-0.05, 0) is 26.7 Å². The Morgan fingerprint density at radius 2 is 1.83 bits per heavy atom. The summed E-state index contributed by atoms with van der Waals surface area (Å²) in [4.78, 5) is 12.2. The van der Waals surface area contributed by atoms with Crippen LogP contribution in [0.15, 0.2) is 0 Å². The lowest BCUT2D eigenvalue weighted by atomic mass is 9.80. The fraction of sp³-hybridized carbons (Fsp3) is 0.933. The molecular formula is C15H30O3. The van der Waals surface area contributed by atoms with E-state index in [2.05, 4.69) is 13.8 Å². The van der Waals surface area contributed by atoms with Crippen molar-refractivity contribution in [3.63, 3.8) is 0 Å². The van der Waals surface area contributed by atoms with Crippen LogP contribution in [-0.2, 0) is 9.53 Å².